The second-order valence-corrected chi connectivity index (χ2v) is 6.02. The van der Waals surface area contributed by atoms with Gasteiger partial charge in [0.2, 0.25) is 5.91 Å². The van der Waals surface area contributed by atoms with Gasteiger partial charge in [-0.15, -0.1) is 0 Å². The van der Waals surface area contributed by atoms with Crippen molar-refractivity contribution in [3.8, 4) is 0 Å². The molecule has 1 aliphatic heterocycles. The Bertz CT molecular complexity index is 654. The Kier molecular flexibility index (Phi) is 5.09. The molecule has 120 valence electrons. The molecule has 0 aromatic heterocycles. The van der Waals surface area contributed by atoms with Crippen molar-refractivity contribution in [1.82, 2.24) is 4.90 Å². The summed E-state index contributed by atoms with van der Waals surface area (Å²) in [4.78, 5) is 16.8. The molecule has 3 rings (SSSR count). The largest absolute Gasteiger partial charge is 0.313 e. The lowest BCUT2D eigenvalue weighted by Gasteiger charge is -2.29. The fraction of sp³-hybridized carbons (Fsp3) is 0.350. The van der Waals surface area contributed by atoms with Crippen molar-refractivity contribution in [3.63, 3.8) is 0 Å². The Morgan fingerprint density at radius 3 is 2.48 bits per heavy atom. The van der Waals surface area contributed by atoms with Crippen molar-refractivity contribution < 1.29 is 4.79 Å². The molecule has 0 fully saturated rings. The van der Waals surface area contributed by atoms with Crippen LogP contribution >= 0.6 is 0 Å². The van der Waals surface area contributed by atoms with E-state index in [9.17, 15) is 4.79 Å². The summed E-state index contributed by atoms with van der Waals surface area (Å²) < 4.78 is 0. The van der Waals surface area contributed by atoms with Crippen LogP contribution in [-0.4, -0.2) is 30.4 Å². The van der Waals surface area contributed by atoms with Gasteiger partial charge < -0.3 is 4.90 Å². The van der Waals surface area contributed by atoms with Crippen LogP contribution in [0.4, 0.5) is 5.69 Å². The van der Waals surface area contributed by atoms with Crippen molar-refractivity contribution in [3.05, 3.63) is 65.7 Å². The molecule has 1 aliphatic rings. The molecule has 0 spiro atoms. The highest BCUT2D eigenvalue weighted by molar-refractivity contribution is 5.93. The molecule has 0 atom stereocenters. The monoisotopic (exact) mass is 308 g/mol. The maximum absolute atomic E-state index is 12.6. The minimum atomic E-state index is 0.206. The maximum Gasteiger partial charge on any atom is 0.228 e. The Morgan fingerprint density at radius 1 is 1.04 bits per heavy atom. The van der Waals surface area contributed by atoms with Crippen LogP contribution in [0.25, 0.3) is 0 Å². The summed E-state index contributed by atoms with van der Waals surface area (Å²) >= 11 is 0. The van der Waals surface area contributed by atoms with Crippen LogP contribution in [-0.2, 0) is 17.8 Å². The normalized spacial score (nSPS) is 14.3. The van der Waals surface area contributed by atoms with Crippen LogP contribution in [0.3, 0.4) is 0 Å². The first-order chi connectivity index (χ1) is 11.3. The third-order valence-electron chi connectivity index (χ3n) is 4.54. The van der Waals surface area contributed by atoms with E-state index in [0.717, 1.165) is 31.7 Å². The molecule has 0 aliphatic carbocycles. The first-order valence-electron chi connectivity index (χ1n) is 8.42. The summed E-state index contributed by atoms with van der Waals surface area (Å²) in [6, 6.07) is 18.6. The second-order valence-electron chi connectivity index (χ2n) is 6.02. The summed E-state index contributed by atoms with van der Waals surface area (Å²) in [5.74, 6) is 0.206. The molecule has 0 unspecified atom stereocenters. The van der Waals surface area contributed by atoms with E-state index in [-0.39, 0.29) is 5.91 Å². The highest BCUT2D eigenvalue weighted by atomic mass is 16.2. The van der Waals surface area contributed by atoms with E-state index in [1.165, 1.54) is 11.1 Å². The summed E-state index contributed by atoms with van der Waals surface area (Å²) in [7, 11) is 0. The minimum absolute atomic E-state index is 0.206. The van der Waals surface area contributed by atoms with E-state index >= 15 is 0 Å². The zero-order chi connectivity index (χ0) is 16.1. The molecular formula is C20H24N2O. The standard InChI is InChI=1S/C20H24N2O/c1-2-22(19-10-4-3-5-11-19)20(23)13-15-21-14-12-17-8-6-7-9-18(17)16-21/h3-11H,2,12-16H2,1H3. The number of hydrogen-bond donors (Lipinski definition) is 0. The number of carbonyl (C=O) groups excluding carboxylic acids is 1. The fourth-order valence-electron chi connectivity index (χ4n) is 3.24. The van der Waals surface area contributed by atoms with Gasteiger partial charge in [0, 0.05) is 38.3 Å². The number of amides is 1. The number of rotatable bonds is 5. The quantitative estimate of drug-likeness (QED) is 0.844. The summed E-state index contributed by atoms with van der Waals surface area (Å²) in [5.41, 5.74) is 3.85. The predicted molar refractivity (Wildman–Crippen MR) is 94.5 cm³/mol. The Morgan fingerprint density at radius 2 is 1.74 bits per heavy atom. The highest BCUT2D eigenvalue weighted by Crippen LogP contribution is 2.19. The molecule has 1 heterocycles. The number of hydrogen-bond acceptors (Lipinski definition) is 2. The Labute approximate surface area is 138 Å². The zero-order valence-electron chi connectivity index (χ0n) is 13.7. The number of fused-ring (bicyclic) bond motifs is 1. The van der Waals surface area contributed by atoms with E-state index in [1.54, 1.807) is 0 Å². The number of benzene rings is 2. The summed E-state index contributed by atoms with van der Waals surface area (Å²) in [6.07, 6.45) is 1.66. The van der Waals surface area contributed by atoms with Gasteiger partial charge in [-0.1, -0.05) is 42.5 Å². The lowest BCUT2D eigenvalue weighted by atomic mass is 10.00. The zero-order valence-corrected chi connectivity index (χ0v) is 13.7. The number of anilines is 1. The van der Waals surface area contributed by atoms with Gasteiger partial charge >= 0.3 is 0 Å². The molecule has 0 saturated carbocycles. The fourth-order valence-corrected chi connectivity index (χ4v) is 3.24. The topological polar surface area (TPSA) is 23.6 Å². The molecule has 0 bridgehead atoms. The van der Waals surface area contributed by atoms with Crippen molar-refractivity contribution >= 4 is 11.6 Å². The SMILES string of the molecule is CCN(C(=O)CCN1CCc2ccccc2C1)c1ccccc1. The molecule has 2 aromatic rings. The summed E-state index contributed by atoms with van der Waals surface area (Å²) in [5, 5.41) is 0. The third kappa shape index (κ3) is 3.80. The highest BCUT2D eigenvalue weighted by Gasteiger charge is 2.18. The van der Waals surface area contributed by atoms with Crippen molar-refractivity contribution in [2.24, 2.45) is 0 Å². The third-order valence-corrected chi connectivity index (χ3v) is 4.54. The number of para-hydroxylation sites is 1. The predicted octanol–water partition coefficient (Wildman–Crippen LogP) is 3.49. The average Bonchev–Trinajstić information content (AvgIpc) is 2.61. The molecule has 0 saturated heterocycles. The minimum Gasteiger partial charge on any atom is -0.313 e. The molecule has 3 heteroatoms. The number of carbonyl (C=O) groups is 1. The molecule has 0 N–H and O–H groups in total. The van der Waals surface area contributed by atoms with Gasteiger partial charge in [-0.2, -0.15) is 0 Å². The molecule has 23 heavy (non-hydrogen) atoms. The first-order valence-corrected chi connectivity index (χ1v) is 8.42. The number of nitrogens with zero attached hydrogens (tertiary/aromatic N) is 2. The van der Waals surface area contributed by atoms with E-state index < -0.39 is 0 Å². The van der Waals surface area contributed by atoms with E-state index in [4.69, 9.17) is 0 Å². The molecular weight excluding hydrogens is 284 g/mol. The van der Waals surface area contributed by atoms with Gasteiger partial charge in [0.25, 0.3) is 0 Å². The Hall–Kier alpha value is -2.13. The average molecular weight is 308 g/mol. The molecule has 0 radical (unpaired) electrons. The van der Waals surface area contributed by atoms with Gasteiger partial charge in [0.05, 0.1) is 0 Å². The Balaban J connectivity index is 1.57. The molecule has 3 nitrogen and oxygen atoms in total. The first kappa shape index (κ1) is 15.8. The van der Waals surface area contributed by atoms with Gasteiger partial charge in [-0.3, -0.25) is 9.69 Å². The van der Waals surface area contributed by atoms with Crippen molar-refractivity contribution in [1.29, 1.82) is 0 Å². The molecule has 2 aromatic carbocycles. The van der Waals surface area contributed by atoms with Gasteiger partial charge in [-0.05, 0) is 36.6 Å². The van der Waals surface area contributed by atoms with Gasteiger partial charge in [-0.25, -0.2) is 0 Å². The van der Waals surface area contributed by atoms with Crippen LogP contribution in [0.5, 0.6) is 0 Å². The van der Waals surface area contributed by atoms with Crippen LogP contribution in [0.15, 0.2) is 54.6 Å². The maximum atomic E-state index is 12.6. The van der Waals surface area contributed by atoms with Crippen LogP contribution in [0.1, 0.15) is 24.5 Å². The van der Waals surface area contributed by atoms with Crippen molar-refractivity contribution in [2.75, 3.05) is 24.5 Å². The van der Waals surface area contributed by atoms with Crippen LogP contribution in [0, 0.1) is 0 Å². The van der Waals surface area contributed by atoms with E-state index in [1.807, 2.05) is 42.2 Å². The van der Waals surface area contributed by atoms with E-state index in [0.29, 0.717) is 13.0 Å². The lowest BCUT2D eigenvalue weighted by Crippen LogP contribution is -2.36. The van der Waals surface area contributed by atoms with Gasteiger partial charge in [0.15, 0.2) is 0 Å². The summed E-state index contributed by atoms with van der Waals surface area (Å²) in [6.45, 7) is 5.58. The smallest absolute Gasteiger partial charge is 0.228 e. The van der Waals surface area contributed by atoms with E-state index in [2.05, 4.69) is 29.2 Å². The lowest BCUT2D eigenvalue weighted by molar-refractivity contribution is -0.118. The van der Waals surface area contributed by atoms with Crippen molar-refractivity contribution in [2.45, 2.75) is 26.3 Å². The molecule has 1 amide bonds. The van der Waals surface area contributed by atoms with Gasteiger partial charge in [0.1, 0.15) is 0 Å². The second kappa shape index (κ2) is 7.42. The van der Waals surface area contributed by atoms with Crippen LogP contribution in [0.2, 0.25) is 0 Å². The van der Waals surface area contributed by atoms with Crippen LogP contribution < -0.4 is 4.90 Å².